The van der Waals surface area contributed by atoms with Gasteiger partial charge in [-0.1, -0.05) is 27.7 Å². The fourth-order valence-corrected chi connectivity index (χ4v) is 2.04. The van der Waals surface area contributed by atoms with E-state index in [9.17, 15) is 20.0 Å². The van der Waals surface area contributed by atoms with Crippen LogP contribution in [0.25, 0.3) is 0 Å². The average Bonchev–Trinajstić information content (AvgIpc) is 2.58. The number of non-ortho nitro benzene ring substituents is 1. The molecule has 0 radical (unpaired) electrons. The van der Waals surface area contributed by atoms with Gasteiger partial charge in [0.15, 0.2) is 6.10 Å². The van der Waals surface area contributed by atoms with Gasteiger partial charge in [0.2, 0.25) is 0 Å². The Morgan fingerprint density at radius 2 is 2.00 bits per heavy atom. The Morgan fingerprint density at radius 1 is 1.32 bits per heavy atom. The predicted octanol–water partition coefficient (Wildman–Crippen LogP) is 2.35. The molecule has 0 aliphatic heterocycles. The molecular weight excluding hydrogens is 394 g/mol. The van der Waals surface area contributed by atoms with Gasteiger partial charge in [-0.15, -0.1) is 0 Å². The number of carbonyl (C=O) groups excluding carboxylic acids is 1. The van der Waals surface area contributed by atoms with E-state index in [0.717, 1.165) is 28.9 Å². The molecule has 130 valence electrons. The Kier molecular flexibility index (Phi) is 6.07. The summed E-state index contributed by atoms with van der Waals surface area (Å²) < 4.78 is 6.33. The number of rotatable bonds is 6. The second kappa shape index (κ2) is 8.25. The Hall–Kier alpha value is -2.94. The van der Waals surface area contributed by atoms with Crippen molar-refractivity contribution < 1.29 is 19.6 Å². The standard InChI is InChI=1S/C16H14BrN3O5/c1-10(25-14-5-2-12(17)3-6-14)16(22)19-18-9-11-8-13(20(23)24)4-7-15(11)21/h2-10,21H,1H3,(H,19,22)/p-1/b18-9-/t10-/m0/s1. The van der Waals surface area contributed by atoms with Gasteiger partial charge in [-0.2, -0.15) is 5.10 Å². The molecule has 0 saturated carbocycles. The van der Waals surface area contributed by atoms with Crippen molar-refractivity contribution in [2.45, 2.75) is 13.0 Å². The molecule has 2 aromatic rings. The first-order valence-corrected chi connectivity index (χ1v) is 7.86. The van der Waals surface area contributed by atoms with Gasteiger partial charge in [0, 0.05) is 16.6 Å². The second-order valence-electron chi connectivity index (χ2n) is 4.93. The van der Waals surface area contributed by atoms with Crippen LogP contribution in [0.4, 0.5) is 5.69 Å². The maximum absolute atomic E-state index is 11.9. The lowest BCUT2D eigenvalue weighted by molar-refractivity contribution is -0.385. The summed E-state index contributed by atoms with van der Waals surface area (Å²) in [6.45, 7) is 1.54. The van der Waals surface area contributed by atoms with Crippen LogP contribution < -0.4 is 15.3 Å². The topological polar surface area (TPSA) is 117 Å². The van der Waals surface area contributed by atoms with Gasteiger partial charge in [0.05, 0.1) is 11.1 Å². The quantitative estimate of drug-likeness (QED) is 0.448. The highest BCUT2D eigenvalue weighted by Crippen LogP contribution is 2.19. The van der Waals surface area contributed by atoms with Gasteiger partial charge in [0.25, 0.3) is 11.6 Å². The monoisotopic (exact) mass is 406 g/mol. The first kappa shape index (κ1) is 18.4. The number of nitrogens with zero attached hydrogens (tertiary/aromatic N) is 2. The van der Waals surface area contributed by atoms with E-state index in [1.54, 1.807) is 31.2 Å². The Bertz CT molecular complexity index is 808. The van der Waals surface area contributed by atoms with Crippen LogP contribution in [0.3, 0.4) is 0 Å². The Balaban J connectivity index is 1.96. The molecule has 0 heterocycles. The highest BCUT2D eigenvalue weighted by molar-refractivity contribution is 9.10. The summed E-state index contributed by atoms with van der Waals surface area (Å²) in [5.41, 5.74) is 1.99. The molecule has 2 rings (SSSR count). The van der Waals surface area contributed by atoms with Crippen molar-refractivity contribution in [3.8, 4) is 11.5 Å². The van der Waals surface area contributed by atoms with E-state index in [0.29, 0.717) is 5.75 Å². The van der Waals surface area contributed by atoms with Gasteiger partial charge in [-0.3, -0.25) is 14.9 Å². The summed E-state index contributed by atoms with van der Waals surface area (Å²) in [5, 5.41) is 26.0. The van der Waals surface area contributed by atoms with E-state index in [1.165, 1.54) is 0 Å². The number of hydrazone groups is 1. The van der Waals surface area contributed by atoms with Crippen molar-refractivity contribution in [3.05, 3.63) is 62.6 Å². The van der Waals surface area contributed by atoms with E-state index in [4.69, 9.17) is 4.74 Å². The molecule has 0 fully saturated rings. The number of halogens is 1. The first-order chi connectivity index (χ1) is 11.9. The lowest BCUT2D eigenvalue weighted by atomic mass is 10.2. The Labute approximate surface area is 151 Å². The molecular formula is C16H13BrN3O5-. The zero-order valence-corrected chi connectivity index (χ0v) is 14.6. The van der Waals surface area contributed by atoms with Crippen LogP contribution in [0.15, 0.2) is 52.0 Å². The summed E-state index contributed by atoms with van der Waals surface area (Å²) in [7, 11) is 0. The zero-order chi connectivity index (χ0) is 18.4. The van der Waals surface area contributed by atoms with E-state index in [1.807, 2.05) is 0 Å². The van der Waals surface area contributed by atoms with Gasteiger partial charge < -0.3 is 9.84 Å². The predicted molar refractivity (Wildman–Crippen MR) is 92.5 cm³/mol. The molecule has 1 atom stereocenters. The number of benzene rings is 2. The van der Waals surface area contributed by atoms with Gasteiger partial charge >= 0.3 is 0 Å². The zero-order valence-electron chi connectivity index (χ0n) is 13.0. The maximum atomic E-state index is 11.9. The molecule has 1 N–H and O–H groups in total. The normalized spacial score (nSPS) is 11.9. The van der Waals surface area contributed by atoms with Crippen LogP contribution in [0.5, 0.6) is 11.5 Å². The van der Waals surface area contributed by atoms with Gasteiger partial charge in [-0.05, 0) is 36.8 Å². The minimum Gasteiger partial charge on any atom is -0.872 e. The molecule has 0 aromatic heterocycles. The molecule has 25 heavy (non-hydrogen) atoms. The molecule has 0 spiro atoms. The minimum absolute atomic E-state index is 0.00372. The molecule has 9 heteroatoms. The molecule has 0 aliphatic carbocycles. The summed E-state index contributed by atoms with van der Waals surface area (Å²) >= 11 is 3.30. The fourth-order valence-electron chi connectivity index (χ4n) is 1.78. The highest BCUT2D eigenvalue weighted by Gasteiger charge is 2.14. The van der Waals surface area contributed by atoms with Crippen molar-refractivity contribution in [1.29, 1.82) is 0 Å². The molecule has 0 saturated heterocycles. The number of hydrogen-bond acceptors (Lipinski definition) is 6. The SMILES string of the molecule is C[C@H](Oc1ccc(Br)cc1)C(=O)N/N=C\c1cc([N+](=O)[O-])ccc1[O-]. The molecule has 0 bridgehead atoms. The lowest BCUT2D eigenvalue weighted by Gasteiger charge is -2.13. The van der Waals surface area contributed by atoms with Crippen LogP contribution in [-0.4, -0.2) is 23.1 Å². The second-order valence-corrected chi connectivity index (χ2v) is 5.84. The summed E-state index contributed by atoms with van der Waals surface area (Å²) in [5.74, 6) is -0.463. The third-order valence-electron chi connectivity index (χ3n) is 3.08. The molecule has 0 unspecified atom stereocenters. The lowest BCUT2D eigenvalue weighted by Crippen LogP contribution is -2.33. The average molecular weight is 407 g/mol. The first-order valence-electron chi connectivity index (χ1n) is 7.07. The summed E-state index contributed by atoms with van der Waals surface area (Å²) in [4.78, 5) is 22.0. The minimum atomic E-state index is -0.824. The van der Waals surface area contributed by atoms with Crippen molar-refractivity contribution >= 4 is 33.7 Å². The maximum Gasteiger partial charge on any atom is 0.280 e. The summed E-state index contributed by atoms with van der Waals surface area (Å²) in [6.07, 6.45) is 0.231. The van der Waals surface area contributed by atoms with Gasteiger partial charge in [-0.25, -0.2) is 5.43 Å². The molecule has 8 nitrogen and oxygen atoms in total. The number of nitro benzene ring substituents is 1. The molecule has 0 aliphatic rings. The highest BCUT2D eigenvalue weighted by atomic mass is 79.9. The van der Waals surface area contributed by atoms with Crippen LogP contribution in [-0.2, 0) is 4.79 Å². The number of amides is 1. The van der Waals surface area contributed by atoms with E-state index in [2.05, 4.69) is 26.5 Å². The van der Waals surface area contributed by atoms with Crippen molar-refractivity contribution in [3.63, 3.8) is 0 Å². The molecule has 1 amide bonds. The van der Waals surface area contributed by atoms with Crippen molar-refractivity contribution in [2.24, 2.45) is 5.10 Å². The molecule has 2 aromatic carbocycles. The van der Waals surface area contributed by atoms with Crippen LogP contribution in [0, 0.1) is 10.1 Å². The van der Waals surface area contributed by atoms with E-state index in [-0.39, 0.29) is 11.3 Å². The third-order valence-corrected chi connectivity index (χ3v) is 3.61. The van der Waals surface area contributed by atoms with E-state index >= 15 is 0 Å². The third kappa shape index (κ3) is 5.28. The van der Waals surface area contributed by atoms with Crippen molar-refractivity contribution in [1.82, 2.24) is 5.43 Å². The van der Waals surface area contributed by atoms with Crippen molar-refractivity contribution in [2.75, 3.05) is 0 Å². The number of carbonyl (C=O) groups is 1. The number of nitro groups is 1. The van der Waals surface area contributed by atoms with Crippen LogP contribution in [0.2, 0.25) is 0 Å². The number of ether oxygens (including phenoxy) is 1. The number of hydrogen-bond donors (Lipinski definition) is 1. The summed E-state index contributed by atoms with van der Waals surface area (Å²) in [6, 6.07) is 10.2. The van der Waals surface area contributed by atoms with Crippen LogP contribution >= 0.6 is 15.9 Å². The van der Waals surface area contributed by atoms with E-state index < -0.39 is 22.7 Å². The van der Waals surface area contributed by atoms with Crippen LogP contribution in [0.1, 0.15) is 12.5 Å². The van der Waals surface area contributed by atoms with Gasteiger partial charge in [0.1, 0.15) is 5.75 Å². The number of nitrogens with one attached hydrogen (secondary N) is 1. The Morgan fingerprint density at radius 3 is 2.64 bits per heavy atom. The smallest absolute Gasteiger partial charge is 0.280 e. The largest absolute Gasteiger partial charge is 0.872 e. The fraction of sp³-hybridized carbons (Fsp3) is 0.125.